The van der Waals surface area contributed by atoms with E-state index in [2.05, 4.69) is 17.0 Å². The fourth-order valence-electron chi connectivity index (χ4n) is 1.79. The summed E-state index contributed by atoms with van der Waals surface area (Å²) in [6.07, 6.45) is 0. The Morgan fingerprint density at radius 1 is 1.38 bits per heavy atom. The van der Waals surface area contributed by atoms with E-state index in [1.54, 1.807) is 21.0 Å². The Labute approximate surface area is 122 Å². The number of hydrogen-bond donors (Lipinski definition) is 0. The minimum Gasteiger partial charge on any atom is -0.497 e. The van der Waals surface area contributed by atoms with Crippen LogP contribution in [0.1, 0.15) is 27.4 Å². The van der Waals surface area contributed by atoms with Crippen LogP contribution in [-0.2, 0) is 4.74 Å². The number of carbonyl (C=O) groups is 1. The summed E-state index contributed by atoms with van der Waals surface area (Å²) in [5.74, 6) is 6.38. The average molecular weight is 285 g/mol. The molecule has 2 aromatic rings. The fourth-order valence-corrected chi connectivity index (χ4v) is 1.79. The summed E-state index contributed by atoms with van der Waals surface area (Å²) in [7, 11) is 1.60. The van der Waals surface area contributed by atoms with Gasteiger partial charge in [-0.1, -0.05) is 23.1 Å². The molecular formula is C16H15NO4. The van der Waals surface area contributed by atoms with Crippen molar-refractivity contribution in [3.8, 4) is 17.6 Å². The largest absolute Gasteiger partial charge is 0.497 e. The van der Waals surface area contributed by atoms with Gasteiger partial charge in [0.1, 0.15) is 17.1 Å². The van der Waals surface area contributed by atoms with Crippen molar-refractivity contribution in [2.45, 2.75) is 13.8 Å². The number of methoxy groups -OCH3 is 1. The molecule has 0 atom stereocenters. The first kappa shape index (κ1) is 14.7. The van der Waals surface area contributed by atoms with Crippen molar-refractivity contribution in [3.63, 3.8) is 0 Å². The second-order valence-corrected chi connectivity index (χ2v) is 4.31. The number of aromatic nitrogens is 1. The zero-order valence-electron chi connectivity index (χ0n) is 12.1. The number of ether oxygens (including phenoxy) is 2. The molecule has 0 bridgehead atoms. The number of hydrogen-bond acceptors (Lipinski definition) is 5. The number of benzene rings is 1. The molecule has 0 aliphatic heterocycles. The normalized spacial score (nSPS) is 9.67. The van der Waals surface area contributed by atoms with Crippen LogP contribution in [0.15, 0.2) is 28.8 Å². The van der Waals surface area contributed by atoms with Gasteiger partial charge < -0.3 is 14.0 Å². The Balaban J connectivity index is 1.96. The molecule has 0 saturated carbocycles. The lowest BCUT2D eigenvalue weighted by molar-refractivity contribution is 0.0554. The number of esters is 1. The average Bonchev–Trinajstić information content (AvgIpc) is 2.83. The molecule has 0 fully saturated rings. The molecule has 0 radical (unpaired) electrons. The van der Waals surface area contributed by atoms with Crippen LogP contribution in [0, 0.1) is 25.7 Å². The maximum atomic E-state index is 11.8. The first-order chi connectivity index (χ1) is 10.1. The summed E-state index contributed by atoms with van der Waals surface area (Å²) in [6, 6.07) is 7.34. The summed E-state index contributed by atoms with van der Waals surface area (Å²) < 4.78 is 15.1. The van der Waals surface area contributed by atoms with E-state index in [9.17, 15) is 4.79 Å². The summed E-state index contributed by atoms with van der Waals surface area (Å²) in [5.41, 5.74) is 1.67. The second kappa shape index (κ2) is 6.62. The van der Waals surface area contributed by atoms with E-state index in [0.717, 1.165) is 11.3 Å². The highest BCUT2D eigenvalue weighted by Gasteiger charge is 2.18. The van der Waals surface area contributed by atoms with Crippen LogP contribution in [0.2, 0.25) is 0 Å². The van der Waals surface area contributed by atoms with E-state index in [0.29, 0.717) is 17.0 Å². The summed E-state index contributed by atoms with van der Waals surface area (Å²) in [5, 5.41) is 3.71. The van der Waals surface area contributed by atoms with E-state index in [-0.39, 0.29) is 6.61 Å². The Kier molecular flexibility index (Phi) is 4.62. The smallest absolute Gasteiger partial charge is 0.344 e. The van der Waals surface area contributed by atoms with Crippen LogP contribution >= 0.6 is 0 Å². The quantitative estimate of drug-likeness (QED) is 0.640. The molecule has 5 nitrogen and oxygen atoms in total. The van der Waals surface area contributed by atoms with Gasteiger partial charge in [-0.3, -0.25) is 0 Å². The van der Waals surface area contributed by atoms with E-state index in [1.807, 2.05) is 24.3 Å². The Morgan fingerprint density at radius 2 is 2.19 bits per heavy atom. The van der Waals surface area contributed by atoms with Gasteiger partial charge in [-0.2, -0.15) is 0 Å². The highest BCUT2D eigenvalue weighted by Crippen LogP contribution is 2.13. The maximum Gasteiger partial charge on any atom is 0.344 e. The SMILES string of the molecule is COc1cccc(C#CCOC(=O)c2c(C)noc2C)c1. The van der Waals surface area contributed by atoms with Gasteiger partial charge >= 0.3 is 5.97 Å². The van der Waals surface area contributed by atoms with Gasteiger partial charge in [0.15, 0.2) is 6.61 Å². The summed E-state index contributed by atoms with van der Waals surface area (Å²) in [4.78, 5) is 11.8. The zero-order valence-corrected chi connectivity index (χ0v) is 12.1. The third-order valence-electron chi connectivity index (χ3n) is 2.82. The Morgan fingerprint density at radius 3 is 2.86 bits per heavy atom. The van der Waals surface area contributed by atoms with Crippen molar-refractivity contribution in [2.24, 2.45) is 0 Å². The molecule has 2 rings (SSSR count). The Bertz CT molecular complexity index is 687. The predicted octanol–water partition coefficient (Wildman–Crippen LogP) is 2.51. The van der Waals surface area contributed by atoms with Crippen LogP contribution in [-0.4, -0.2) is 24.8 Å². The first-order valence-corrected chi connectivity index (χ1v) is 6.34. The third-order valence-corrected chi connectivity index (χ3v) is 2.82. The molecule has 0 N–H and O–H groups in total. The van der Waals surface area contributed by atoms with Crippen molar-refractivity contribution >= 4 is 5.97 Å². The molecule has 1 heterocycles. The molecule has 1 aromatic carbocycles. The van der Waals surface area contributed by atoms with Crippen LogP contribution in [0.5, 0.6) is 5.75 Å². The van der Waals surface area contributed by atoms with Crippen molar-refractivity contribution in [2.75, 3.05) is 13.7 Å². The molecule has 0 aliphatic carbocycles. The van der Waals surface area contributed by atoms with Gasteiger partial charge in [0, 0.05) is 5.56 Å². The van der Waals surface area contributed by atoms with Gasteiger partial charge in [0.2, 0.25) is 0 Å². The van der Waals surface area contributed by atoms with E-state index < -0.39 is 5.97 Å². The first-order valence-electron chi connectivity index (χ1n) is 6.34. The standard InChI is InChI=1S/C16H15NO4/c1-11-15(12(2)21-17-11)16(18)20-9-5-7-13-6-4-8-14(10-13)19-3/h4,6,8,10H,9H2,1-3H3. The van der Waals surface area contributed by atoms with Crippen LogP contribution in [0.4, 0.5) is 0 Å². The van der Waals surface area contributed by atoms with E-state index in [1.165, 1.54) is 0 Å². The summed E-state index contributed by atoms with van der Waals surface area (Å²) >= 11 is 0. The fraction of sp³-hybridized carbons (Fsp3) is 0.250. The van der Waals surface area contributed by atoms with Gasteiger partial charge in [-0.05, 0) is 32.0 Å². The van der Waals surface area contributed by atoms with E-state index in [4.69, 9.17) is 14.0 Å². The molecule has 5 heteroatoms. The van der Waals surface area contributed by atoms with Crippen LogP contribution in [0.3, 0.4) is 0 Å². The lowest BCUT2D eigenvalue weighted by Gasteiger charge is -1.99. The van der Waals surface area contributed by atoms with Gasteiger partial charge in [-0.25, -0.2) is 4.79 Å². The molecule has 0 spiro atoms. The molecule has 21 heavy (non-hydrogen) atoms. The number of rotatable bonds is 3. The molecule has 1 aromatic heterocycles. The molecule has 0 amide bonds. The van der Waals surface area contributed by atoms with Crippen molar-refractivity contribution in [1.82, 2.24) is 5.16 Å². The maximum absolute atomic E-state index is 11.8. The van der Waals surface area contributed by atoms with Gasteiger partial charge in [-0.15, -0.1) is 0 Å². The summed E-state index contributed by atoms with van der Waals surface area (Å²) in [6.45, 7) is 3.35. The minimum atomic E-state index is -0.480. The lowest BCUT2D eigenvalue weighted by Crippen LogP contribution is -2.07. The van der Waals surface area contributed by atoms with Crippen molar-refractivity contribution in [3.05, 3.63) is 46.8 Å². The zero-order chi connectivity index (χ0) is 15.2. The lowest BCUT2D eigenvalue weighted by atomic mass is 10.2. The van der Waals surface area contributed by atoms with E-state index >= 15 is 0 Å². The highest BCUT2D eigenvalue weighted by atomic mass is 16.5. The molecule has 0 saturated heterocycles. The molecular weight excluding hydrogens is 270 g/mol. The van der Waals surface area contributed by atoms with Crippen LogP contribution < -0.4 is 4.74 Å². The number of carbonyl (C=O) groups excluding carboxylic acids is 1. The topological polar surface area (TPSA) is 61.6 Å². The second-order valence-electron chi connectivity index (χ2n) is 4.31. The monoisotopic (exact) mass is 285 g/mol. The minimum absolute atomic E-state index is 0.000102. The molecule has 0 aliphatic rings. The highest BCUT2D eigenvalue weighted by molar-refractivity contribution is 5.91. The molecule has 0 unspecified atom stereocenters. The predicted molar refractivity (Wildman–Crippen MR) is 76.1 cm³/mol. The number of aryl methyl sites for hydroxylation is 2. The van der Waals surface area contributed by atoms with Gasteiger partial charge in [0.25, 0.3) is 0 Å². The van der Waals surface area contributed by atoms with Gasteiger partial charge in [0.05, 0.1) is 12.8 Å². The number of nitrogens with zero attached hydrogens (tertiary/aromatic N) is 1. The molecule has 108 valence electrons. The Hall–Kier alpha value is -2.74. The third kappa shape index (κ3) is 3.63. The van der Waals surface area contributed by atoms with Crippen molar-refractivity contribution in [1.29, 1.82) is 0 Å². The van der Waals surface area contributed by atoms with Crippen molar-refractivity contribution < 1.29 is 18.8 Å². The van der Waals surface area contributed by atoms with Crippen LogP contribution in [0.25, 0.3) is 0 Å².